The van der Waals surface area contributed by atoms with Gasteiger partial charge in [-0.3, -0.25) is 9.59 Å². The smallest absolute Gasteiger partial charge is 0.407 e. The van der Waals surface area contributed by atoms with Gasteiger partial charge < -0.3 is 20.7 Å². The minimum absolute atomic E-state index is 0.0680. The standard InChI is InChI=1S/C25H26N4O4/c26-13-17(12-16-6-5-11-27-24(16)31)29-23(30)14-28-25(32)33-15-22-20-9-3-1-7-18(20)19-8-2-4-10-21(19)22/h1-4,7-10,16-17,22H,5-6,11-12,14-15H2,(H,27,31)(H,28,32)(H,29,30)/t16-,17?/m0/s1. The zero-order valence-electron chi connectivity index (χ0n) is 18.2. The number of benzene rings is 2. The van der Waals surface area contributed by atoms with Crippen molar-refractivity contribution in [2.75, 3.05) is 19.7 Å². The van der Waals surface area contributed by atoms with Crippen LogP contribution in [0.3, 0.4) is 0 Å². The van der Waals surface area contributed by atoms with Gasteiger partial charge in [-0.05, 0) is 41.5 Å². The number of ether oxygens (including phenoxy) is 1. The van der Waals surface area contributed by atoms with Crippen LogP contribution in [0.25, 0.3) is 11.1 Å². The molecule has 170 valence electrons. The molecular formula is C25H26N4O4. The molecule has 1 aliphatic heterocycles. The molecule has 8 heteroatoms. The summed E-state index contributed by atoms with van der Waals surface area (Å²) in [5, 5.41) is 17.1. The lowest BCUT2D eigenvalue weighted by Gasteiger charge is -2.23. The molecule has 2 atom stereocenters. The van der Waals surface area contributed by atoms with Gasteiger partial charge in [-0.1, -0.05) is 48.5 Å². The highest BCUT2D eigenvalue weighted by Crippen LogP contribution is 2.44. The van der Waals surface area contributed by atoms with Gasteiger partial charge in [0.2, 0.25) is 11.8 Å². The van der Waals surface area contributed by atoms with E-state index in [4.69, 9.17) is 4.74 Å². The molecule has 8 nitrogen and oxygen atoms in total. The molecule has 4 rings (SSSR count). The van der Waals surface area contributed by atoms with E-state index in [1.54, 1.807) is 0 Å². The molecule has 2 aromatic rings. The molecule has 3 amide bonds. The van der Waals surface area contributed by atoms with Crippen LogP contribution in [0.2, 0.25) is 0 Å². The molecule has 1 heterocycles. The van der Waals surface area contributed by atoms with Crippen LogP contribution in [0, 0.1) is 17.2 Å². The van der Waals surface area contributed by atoms with Crippen LogP contribution in [-0.2, 0) is 14.3 Å². The largest absolute Gasteiger partial charge is 0.449 e. The fourth-order valence-electron chi connectivity index (χ4n) is 4.54. The summed E-state index contributed by atoms with van der Waals surface area (Å²) in [5.74, 6) is -0.959. The predicted molar refractivity (Wildman–Crippen MR) is 121 cm³/mol. The quantitative estimate of drug-likeness (QED) is 0.603. The zero-order chi connectivity index (χ0) is 23.2. The first-order chi connectivity index (χ1) is 16.1. The van der Waals surface area contributed by atoms with Gasteiger partial charge in [0.15, 0.2) is 0 Å². The van der Waals surface area contributed by atoms with Crippen molar-refractivity contribution in [3.05, 3.63) is 59.7 Å². The van der Waals surface area contributed by atoms with Crippen molar-refractivity contribution in [2.24, 2.45) is 5.92 Å². The molecule has 0 spiro atoms. The average Bonchev–Trinajstić information content (AvgIpc) is 3.16. The molecule has 2 aliphatic rings. The Morgan fingerprint density at radius 1 is 1.12 bits per heavy atom. The number of nitrogens with zero attached hydrogens (tertiary/aromatic N) is 1. The zero-order valence-corrected chi connectivity index (χ0v) is 18.2. The van der Waals surface area contributed by atoms with Crippen molar-refractivity contribution in [1.29, 1.82) is 5.26 Å². The van der Waals surface area contributed by atoms with E-state index in [9.17, 15) is 19.6 Å². The Morgan fingerprint density at radius 3 is 2.42 bits per heavy atom. The van der Waals surface area contributed by atoms with E-state index in [1.165, 1.54) is 0 Å². The normalized spacial score (nSPS) is 17.7. The summed E-state index contributed by atoms with van der Waals surface area (Å²) in [6.45, 7) is 0.480. The van der Waals surface area contributed by atoms with Crippen LogP contribution in [0.5, 0.6) is 0 Å². The SMILES string of the molecule is N#CC(C[C@@H]1CCCNC1=O)NC(=O)CNC(=O)OCC1c2ccccc2-c2ccccc21. The van der Waals surface area contributed by atoms with Crippen LogP contribution in [0.4, 0.5) is 4.79 Å². The lowest BCUT2D eigenvalue weighted by atomic mass is 9.92. The Balaban J connectivity index is 1.25. The number of nitriles is 1. The van der Waals surface area contributed by atoms with E-state index in [0.717, 1.165) is 28.7 Å². The third-order valence-electron chi connectivity index (χ3n) is 6.15. The van der Waals surface area contributed by atoms with E-state index < -0.39 is 18.0 Å². The number of piperidine rings is 1. The average molecular weight is 447 g/mol. The molecular weight excluding hydrogens is 420 g/mol. The van der Waals surface area contributed by atoms with Crippen LogP contribution < -0.4 is 16.0 Å². The number of hydrogen-bond acceptors (Lipinski definition) is 5. The monoisotopic (exact) mass is 446 g/mol. The maximum atomic E-state index is 12.2. The van der Waals surface area contributed by atoms with Crippen molar-refractivity contribution in [3.63, 3.8) is 0 Å². The van der Waals surface area contributed by atoms with Crippen molar-refractivity contribution in [1.82, 2.24) is 16.0 Å². The molecule has 1 fully saturated rings. The Morgan fingerprint density at radius 2 is 1.79 bits per heavy atom. The van der Waals surface area contributed by atoms with E-state index >= 15 is 0 Å². The predicted octanol–water partition coefficient (Wildman–Crippen LogP) is 2.45. The van der Waals surface area contributed by atoms with Crippen molar-refractivity contribution in [3.8, 4) is 17.2 Å². The molecule has 3 N–H and O–H groups in total. The van der Waals surface area contributed by atoms with Crippen LogP contribution in [-0.4, -0.2) is 43.6 Å². The minimum atomic E-state index is -0.796. The summed E-state index contributed by atoms with van der Waals surface area (Å²) in [4.78, 5) is 36.3. The summed E-state index contributed by atoms with van der Waals surface area (Å²) >= 11 is 0. The number of hydrogen-bond donors (Lipinski definition) is 3. The summed E-state index contributed by atoms with van der Waals surface area (Å²) in [6.07, 6.45) is 1.09. The van der Waals surface area contributed by atoms with Crippen LogP contribution >= 0.6 is 0 Å². The maximum Gasteiger partial charge on any atom is 0.407 e. The maximum absolute atomic E-state index is 12.2. The second kappa shape index (κ2) is 10.2. The summed E-state index contributed by atoms with van der Waals surface area (Å²) in [5.41, 5.74) is 4.48. The summed E-state index contributed by atoms with van der Waals surface area (Å²) in [7, 11) is 0. The topological polar surface area (TPSA) is 120 Å². The van der Waals surface area contributed by atoms with Gasteiger partial charge in [-0.15, -0.1) is 0 Å². The highest BCUT2D eigenvalue weighted by molar-refractivity contribution is 5.83. The molecule has 33 heavy (non-hydrogen) atoms. The molecule has 0 radical (unpaired) electrons. The van der Waals surface area contributed by atoms with E-state index in [1.807, 2.05) is 42.5 Å². The number of carbonyl (C=O) groups excluding carboxylic acids is 3. The van der Waals surface area contributed by atoms with Gasteiger partial charge in [0, 0.05) is 18.4 Å². The molecule has 0 bridgehead atoms. The fourth-order valence-corrected chi connectivity index (χ4v) is 4.54. The van der Waals surface area contributed by atoms with Gasteiger partial charge in [0.25, 0.3) is 0 Å². The molecule has 1 saturated heterocycles. The van der Waals surface area contributed by atoms with Gasteiger partial charge in [0.1, 0.15) is 19.2 Å². The number of alkyl carbamates (subject to hydrolysis) is 1. The lowest BCUT2D eigenvalue weighted by molar-refractivity contribution is -0.127. The van der Waals surface area contributed by atoms with Crippen molar-refractivity contribution in [2.45, 2.75) is 31.2 Å². The van der Waals surface area contributed by atoms with Gasteiger partial charge in [-0.25, -0.2) is 4.79 Å². The number of nitrogens with one attached hydrogen (secondary N) is 3. The highest BCUT2D eigenvalue weighted by atomic mass is 16.5. The second-order valence-corrected chi connectivity index (χ2v) is 8.29. The summed E-state index contributed by atoms with van der Waals surface area (Å²) in [6, 6.07) is 17.3. The van der Waals surface area contributed by atoms with E-state index in [-0.39, 0.29) is 37.3 Å². The molecule has 1 aliphatic carbocycles. The van der Waals surface area contributed by atoms with E-state index in [0.29, 0.717) is 13.0 Å². The Hall–Kier alpha value is -3.86. The Kier molecular flexibility index (Phi) is 6.89. The third-order valence-corrected chi connectivity index (χ3v) is 6.15. The van der Waals surface area contributed by atoms with E-state index in [2.05, 4.69) is 28.1 Å². The molecule has 0 saturated carbocycles. The Bertz CT molecular complexity index is 1050. The van der Waals surface area contributed by atoms with Crippen molar-refractivity contribution >= 4 is 17.9 Å². The first-order valence-corrected chi connectivity index (χ1v) is 11.1. The van der Waals surface area contributed by atoms with Crippen molar-refractivity contribution < 1.29 is 19.1 Å². The Labute approximate surface area is 192 Å². The lowest BCUT2D eigenvalue weighted by Crippen LogP contribution is -2.45. The second-order valence-electron chi connectivity index (χ2n) is 8.29. The minimum Gasteiger partial charge on any atom is -0.449 e. The third kappa shape index (κ3) is 5.14. The van der Waals surface area contributed by atoms with Crippen LogP contribution in [0.1, 0.15) is 36.3 Å². The molecule has 0 aromatic heterocycles. The first-order valence-electron chi connectivity index (χ1n) is 11.1. The summed E-state index contributed by atoms with van der Waals surface area (Å²) < 4.78 is 5.41. The van der Waals surface area contributed by atoms with Gasteiger partial charge >= 0.3 is 6.09 Å². The first kappa shape index (κ1) is 22.3. The molecule has 2 aromatic carbocycles. The highest BCUT2D eigenvalue weighted by Gasteiger charge is 2.29. The van der Waals surface area contributed by atoms with Crippen LogP contribution in [0.15, 0.2) is 48.5 Å². The number of carbonyl (C=O) groups is 3. The number of fused-ring (bicyclic) bond motifs is 3. The fraction of sp³-hybridized carbons (Fsp3) is 0.360. The number of rotatable bonds is 7. The molecule has 1 unspecified atom stereocenters. The van der Waals surface area contributed by atoms with Gasteiger partial charge in [-0.2, -0.15) is 5.26 Å². The van der Waals surface area contributed by atoms with Gasteiger partial charge in [0.05, 0.1) is 6.07 Å². The number of amides is 3.